The zero-order valence-corrected chi connectivity index (χ0v) is 9.41. The summed E-state index contributed by atoms with van der Waals surface area (Å²) in [7, 11) is 0. The van der Waals surface area contributed by atoms with Crippen LogP contribution in [0.5, 0.6) is 0 Å². The van der Waals surface area contributed by atoms with Gasteiger partial charge in [0.1, 0.15) is 5.82 Å². The maximum absolute atomic E-state index is 13.2. The van der Waals surface area contributed by atoms with Crippen LogP contribution in [-0.2, 0) is 0 Å². The minimum Gasteiger partial charge on any atom is -0.380 e. The number of pyridine rings is 1. The molecule has 1 atom stereocenters. The van der Waals surface area contributed by atoms with E-state index < -0.39 is 0 Å². The van der Waals surface area contributed by atoms with E-state index in [1.807, 2.05) is 18.2 Å². The van der Waals surface area contributed by atoms with Gasteiger partial charge in [0, 0.05) is 23.7 Å². The highest BCUT2D eigenvalue weighted by Gasteiger charge is 2.15. The molecule has 0 radical (unpaired) electrons. The molecule has 1 saturated heterocycles. The first-order chi connectivity index (χ1) is 8.33. The van der Waals surface area contributed by atoms with Gasteiger partial charge in [-0.2, -0.15) is 0 Å². The molecule has 4 heteroatoms. The highest BCUT2D eigenvalue weighted by molar-refractivity contribution is 5.91. The molecule has 0 bridgehead atoms. The van der Waals surface area contributed by atoms with E-state index >= 15 is 0 Å². The van der Waals surface area contributed by atoms with Crippen molar-refractivity contribution in [2.45, 2.75) is 12.5 Å². The minimum atomic E-state index is -0.295. The molecular formula is C13H14FN3. The normalized spacial score (nSPS) is 19.7. The molecule has 2 heterocycles. The van der Waals surface area contributed by atoms with Gasteiger partial charge in [-0.15, -0.1) is 0 Å². The molecule has 1 aromatic carbocycles. The Morgan fingerprint density at radius 2 is 2.35 bits per heavy atom. The summed E-state index contributed by atoms with van der Waals surface area (Å²) < 4.78 is 13.2. The SMILES string of the molecule is Fc1cnc2cccc(N[C@H]3CCNC3)c2c1. The lowest BCUT2D eigenvalue weighted by Crippen LogP contribution is -2.22. The number of hydrogen-bond acceptors (Lipinski definition) is 3. The van der Waals surface area contributed by atoms with Crippen LogP contribution < -0.4 is 10.6 Å². The van der Waals surface area contributed by atoms with Crippen LogP contribution in [0.2, 0.25) is 0 Å². The Balaban J connectivity index is 1.99. The molecule has 0 amide bonds. The van der Waals surface area contributed by atoms with E-state index in [-0.39, 0.29) is 5.82 Å². The second kappa shape index (κ2) is 4.30. The highest BCUT2D eigenvalue weighted by atomic mass is 19.1. The Morgan fingerprint density at radius 3 is 3.18 bits per heavy atom. The van der Waals surface area contributed by atoms with Gasteiger partial charge in [-0.25, -0.2) is 4.39 Å². The maximum Gasteiger partial charge on any atom is 0.142 e. The molecule has 0 unspecified atom stereocenters. The first-order valence-electron chi connectivity index (χ1n) is 5.84. The maximum atomic E-state index is 13.2. The summed E-state index contributed by atoms with van der Waals surface area (Å²) in [5, 5.41) is 7.59. The second-order valence-corrected chi connectivity index (χ2v) is 4.36. The van der Waals surface area contributed by atoms with Gasteiger partial charge < -0.3 is 10.6 Å². The summed E-state index contributed by atoms with van der Waals surface area (Å²) in [4.78, 5) is 4.09. The van der Waals surface area contributed by atoms with E-state index in [0.717, 1.165) is 36.1 Å². The number of hydrogen-bond donors (Lipinski definition) is 2. The molecule has 1 aliphatic rings. The number of nitrogens with zero attached hydrogens (tertiary/aromatic N) is 1. The Bertz CT molecular complexity index is 535. The third-order valence-electron chi connectivity index (χ3n) is 3.11. The summed E-state index contributed by atoms with van der Waals surface area (Å²) >= 11 is 0. The smallest absolute Gasteiger partial charge is 0.142 e. The van der Waals surface area contributed by atoms with Crippen LogP contribution in [0.1, 0.15) is 6.42 Å². The van der Waals surface area contributed by atoms with Crippen molar-refractivity contribution in [2.75, 3.05) is 18.4 Å². The molecule has 3 rings (SSSR count). The Hall–Kier alpha value is -1.68. The molecule has 3 nitrogen and oxygen atoms in total. The van der Waals surface area contributed by atoms with Gasteiger partial charge in [-0.1, -0.05) is 6.07 Å². The number of halogens is 1. The van der Waals surface area contributed by atoms with Crippen molar-refractivity contribution in [1.29, 1.82) is 0 Å². The van der Waals surface area contributed by atoms with Gasteiger partial charge in [0.2, 0.25) is 0 Å². The summed E-state index contributed by atoms with van der Waals surface area (Å²) in [6.45, 7) is 1.99. The lowest BCUT2D eigenvalue weighted by molar-refractivity contribution is 0.624. The summed E-state index contributed by atoms with van der Waals surface area (Å²) in [6.07, 6.45) is 2.35. The van der Waals surface area contributed by atoms with Crippen molar-refractivity contribution in [3.8, 4) is 0 Å². The number of rotatable bonds is 2. The lowest BCUT2D eigenvalue weighted by Gasteiger charge is -2.14. The van der Waals surface area contributed by atoms with Crippen molar-refractivity contribution in [2.24, 2.45) is 0 Å². The van der Waals surface area contributed by atoms with E-state index in [0.29, 0.717) is 6.04 Å². The first-order valence-corrected chi connectivity index (χ1v) is 5.84. The molecule has 1 aliphatic heterocycles. The van der Waals surface area contributed by atoms with E-state index in [9.17, 15) is 4.39 Å². The van der Waals surface area contributed by atoms with Gasteiger partial charge in [0.25, 0.3) is 0 Å². The summed E-state index contributed by atoms with van der Waals surface area (Å²) in [5.74, 6) is -0.295. The van der Waals surface area contributed by atoms with E-state index in [1.54, 1.807) is 0 Å². The molecule has 0 aliphatic carbocycles. The Kier molecular flexibility index (Phi) is 2.65. The van der Waals surface area contributed by atoms with Crippen LogP contribution >= 0.6 is 0 Å². The molecule has 1 fully saturated rings. The zero-order valence-electron chi connectivity index (χ0n) is 9.41. The van der Waals surface area contributed by atoms with Crippen molar-refractivity contribution < 1.29 is 4.39 Å². The number of aromatic nitrogens is 1. The van der Waals surface area contributed by atoms with Crippen LogP contribution in [0.4, 0.5) is 10.1 Å². The third kappa shape index (κ3) is 2.08. The predicted octanol–water partition coefficient (Wildman–Crippen LogP) is 2.15. The molecule has 0 saturated carbocycles. The predicted molar refractivity (Wildman–Crippen MR) is 66.6 cm³/mol. The fourth-order valence-electron chi connectivity index (χ4n) is 2.25. The number of fused-ring (bicyclic) bond motifs is 1. The number of anilines is 1. The van der Waals surface area contributed by atoms with E-state index in [2.05, 4.69) is 15.6 Å². The number of nitrogens with one attached hydrogen (secondary N) is 2. The van der Waals surface area contributed by atoms with Gasteiger partial charge >= 0.3 is 0 Å². The average Bonchev–Trinajstić information content (AvgIpc) is 2.83. The molecule has 1 aromatic heterocycles. The fourth-order valence-corrected chi connectivity index (χ4v) is 2.25. The monoisotopic (exact) mass is 231 g/mol. The van der Waals surface area contributed by atoms with Crippen molar-refractivity contribution in [3.63, 3.8) is 0 Å². The van der Waals surface area contributed by atoms with Gasteiger partial charge in [-0.3, -0.25) is 4.98 Å². The molecule has 2 aromatic rings. The lowest BCUT2D eigenvalue weighted by atomic mass is 10.1. The zero-order chi connectivity index (χ0) is 11.7. The average molecular weight is 231 g/mol. The van der Waals surface area contributed by atoms with Crippen LogP contribution in [0.3, 0.4) is 0 Å². The quantitative estimate of drug-likeness (QED) is 0.831. The molecular weight excluding hydrogens is 217 g/mol. The van der Waals surface area contributed by atoms with E-state index in [4.69, 9.17) is 0 Å². The molecule has 88 valence electrons. The molecule has 2 N–H and O–H groups in total. The van der Waals surface area contributed by atoms with Crippen LogP contribution in [-0.4, -0.2) is 24.1 Å². The van der Waals surface area contributed by atoms with Gasteiger partial charge in [-0.05, 0) is 31.2 Å². The van der Waals surface area contributed by atoms with Gasteiger partial charge in [0.05, 0.1) is 11.7 Å². The van der Waals surface area contributed by atoms with E-state index in [1.165, 1.54) is 12.3 Å². The molecule has 17 heavy (non-hydrogen) atoms. The molecule has 0 spiro atoms. The standard InChI is InChI=1S/C13H14FN3/c14-9-6-11-12(16-7-9)2-1-3-13(11)17-10-4-5-15-8-10/h1-3,6-7,10,15,17H,4-5,8H2/t10-/m0/s1. The number of benzene rings is 1. The van der Waals surface area contributed by atoms with Gasteiger partial charge in [0.15, 0.2) is 0 Å². The Morgan fingerprint density at radius 1 is 1.41 bits per heavy atom. The Labute approximate surface area is 99.1 Å². The summed E-state index contributed by atoms with van der Waals surface area (Å²) in [6, 6.07) is 7.77. The fraction of sp³-hybridized carbons (Fsp3) is 0.308. The summed E-state index contributed by atoms with van der Waals surface area (Å²) in [5.41, 5.74) is 1.78. The third-order valence-corrected chi connectivity index (χ3v) is 3.11. The van der Waals surface area contributed by atoms with Crippen molar-refractivity contribution in [1.82, 2.24) is 10.3 Å². The highest BCUT2D eigenvalue weighted by Crippen LogP contribution is 2.23. The van der Waals surface area contributed by atoms with Crippen molar-refractivity contribution >= 4 is 16.6 Å². The van der Waals surface area contributed by atoms with Crippen LogP contribution in [0.25, 0.3) is 10.9 Å². The van der Waals surface area contributed by atoms with Crippen LogP contribution in [0.15, 0.2) is 30.5 Å². The topological polar surface area (TPSA) is 37.0 Å². The second-order valence-electron chi connectivity index (χ2n) is 4.36. The van der Waals surface area contributed by atoms with Crippen LogP contribution in [0, 0.1) is 5.82 Å². The van der Waals surface area contributed by atoms with Crippen molar-refractivity contribution in [3.05, 3.63) is 36.3 Å². The minimum absolute atomic E-state index is 0.295. The first kappa shape index (κ1) is 10.5. The largest absolute Gasteiger partial charge is 0.380 e.